The number of hydrogen-bond donors (Lipinski definition) is 1. The molecule has 8 heteroatoms. The van der Waals surface area contributed by atoms with Crippen LogP contribution >= 0.6 is 0 Å². The summed E-state index contributed by atoms with van der Waals surface area (Å²) in [5.74, 6) is 0. The molecular weight excluding hydrogens is 374 g/mol. The van der Waals surface area contributed by atoms with Gasteiger partial charge >= 0.3 is 0 Å². The number of sulfonamides is 1. The van der Waals surface area contributed by atoms with Crippen molar-refractivity contribution in [1.82, 2.24) is 19.6 Å². The van der Waals surface area contributed by atoms with Crippen molar-refractivity contribution in [3.63, 3.8) is 0 Å². The summed E-state index contributed by atoms with van der Waals surface area (Å²) in [5, 5.41) is 8.98. The van der Waals surface area contributed by atoms with Crippen LogP contribution in [0.5, 0.6) is 0 Å². The number of anilines is 1. The largest absolute Gasteiger partial charge is 0.276 e. The van der Waals surface area contributed by atoms with E-state index in [9.17, 15) is 8.42 Å². The standard InChI is InChI=1S/C20H27N5O2S/c1-13-18(15(3)24(21-13)17-11-9-8-10-12-17)23-28(26,27)19-14(2)22-25(16(19)4)20(5,6)7/h8-12,23H,1-7H3. The summed E-state index contributed by atoms with van der Waals surface area (Å²) in [6, 6.07) is 9.63. The van der Waals surface area contributed by atoms with Crippen molar-refractivity contribution in [2.45, 2.75) is 58.9 Å². The van der Waals surface area contributed by atoms with Crippen LogP contribution in [0.1, 0.15) is 43.5 Å². The number of aryl methyl sites for hydroxylation is 2. The lowest BCUT2D eigenvalue weighted by Gasteiger charge is -2.21. The lowest BCUT2D eigenvalue weighted by molar-refractivity contribution is 0.345. The van der Waals surface area contributed by atoms with Gasteiger partial charge in [0.15, 0.2) is 0 Å². The van der Waals surface area contributed by atoms with Gasteiger partial charge in [0.1, 0.15) is 4.90 Å². The highest BCUT2D eigenvalue weighted by atomic mass is 32.2. The van der Waals surface area contributed by atoms with Gasteiger partial charge < -0.3 is 0 Å². The van der Waals surface area contributed by atoms with Crippen LogP contribution in [0.2, 0.25) is 0 Å². The molecule has 0 aliphatic carbocycles. The summed E-state index contributed by atoms with van der Waals surface area (Å²) in [5.41, 5.74) is 3.49. The molecule has 150 valence electrons. The number of nitrogens with one attached hydrogen (secondary N) is 1. The third kappa shape index (κ3) is 3.44. The van der Waals surface area contributed by atoms with Gasteiger partial charge in [0.05, 0.1) is 39.7 Å². The van der Waals surface area contributed by atoms with E-state index in [1.807, 2.05) is 58.0 Å². The van der Waals surface area contributed by atoms with Crippen LogP contribution in [0.15, 0.2) is 35.2 Å². The van der Waals surface area contributed by atoms with Crippen LogP contribution in [0, 0.1) is 27.7 Å². The van der Waals surface area contributed by atoms with Crippen LogP contribution in [0.3, 0.4) is 0 Å². The third-order valence-electron chi connectivity index (χ3n) is 4.66. The van der Waals surface area contributed by atoms with Crippen molar-refractivity contribution in [2.24, 2.45) is 0 Å². The van der Waals surface area contributed by atoms with E-state index in [4.69, 9.17) is 0 Å². The van der Waals surface area contributed by atoms with Crippen LogP contribution in [0.25, 0.3) is 5.69 Å². The fourth-order valence-corrected chi connectivity index (χ4v) is 5.04. The monoisotopic (exact) mass is 401 g/mol. The molecule has 0 saturated heterocycles. The maximum atomic E-state index is 13.2. The van der Waals surface area contributed by atoms with Crippen molar-refractivity contribution in [3.8, 4) is 5.69 Å². The Labute approximate surface area is 166 Å². The predicted molar refractivity (Wildman–Crippen MR) is 111 cm³/mol. The number of hydrogen-bond acceptors (Lipinski definition) is 4. The van der Waals surface area contributed by atoms with Crippen LogP contribution < -0.4 is 4.72 Å². The molecule has 3 aromatic rings. The maximum Gasteiger partial charge on any atom is 0.265 e. The average Bonchev–Trinajstić information content (AvgIpc) is 3.06. The molecule has 1 N–H and O–H groups in total. The van der Waals surface area contributed by atoms with Crippen molar-refractivity contribution in [3.05, 3.63) is 53.1 Å². The molecule has 0 aliphatic rings. The highest BCUT2D eigenvalue weighted by molar-refractivity contribution is 7.92. The van der Waals surface area contributed by atoms with Crippen LogP contribution in [-0.4, -0.2) is 28.0 Å². The Bertz CT molecular complexity index is 1120. The molecule has 28 heavy (non-hydrogen) atoms. The maximum absolute atomic E-state index is 13.2. The number of benzene rings is 1. The normalized spacial score (nSPS) is 12.4. The number of para-hydroxylation sites is 1. The summed E-state index contributed by atoms with van der Waals surface area (Å²) < 4.78 is 32.7. The van der Waals surface area contributed by atoms with Crippen LogP contribution in [-0.2, 0) is 15.6 Å². The van der Waals surface area contributed by atoms with Gasteiger partial charge in [-0.1, -0.05) is 18.2 Å². The highest BCUT2D eigenvalue weighted by Crippen LogP contribution is 2.29. The second-order valence-corrected chi connectivity index (χ2v) is 9.60. The van der Waals surface area contributed by atoms with E-state index in [-0.39, 0.29) is 10.4 Å². The van der Waals surface area contributed by atoms with Crippen molar-refractivity contribution in [2.75, 3.05) is 4.72 Å². The highest BCUT2D eigenvalue weighted by Gasteiger charge is 2.30. The first-order chi connectivity index (χ1) is 12.9. The van der Waals surface area contributed by atoms with E-state index >= 15 is 0 Å². The molecule has 1 aromatic carbocycles. The summed E-state index contributed by atoms with van der Waals surface area (Å²) in [4.78, 5) is 0.216. The predicted octanol–water partition coefficient (Wildman–Crippen LogP) is 3.86. The fourth-order valence-electron chi connectivity index (χ4n) is 3.47. The van der Waals surface area contributed by atoms with Crippen molar-refractivity contribution >= 4 is 15.7 Å². The molecule has 2 heterocycles. The van der Waals surface area contributed by atoms with Gasteiger partial charge in [-0.25, -0.2) is 13.1 Å². The first-order valence-corrected chi connectivity index (χ1v) is 10.6. The Balaban J connectivity index is 2.06. The van der Waals surface area contributed by atoms with E-state index in [0.717, 1.165) is 11.4 Å². The van der Waals surface area contributed by atoms with Crippen molar-refractivity contribution in [1.29, 1.82) is 0 Å². The van der Waals surface area contributed by atoms with E-state index in [2.05, 4.69) is 14.9 Å². The van der Waals surface area contributed by atoms with E-state index in [1.54, 1.807) is 30.1 Å². The minimum atomic E-state index is -3.81. The molecule has 0 amide bonds. The SMILES string of the molecule is Cc1nn(-c2ccccc2)c(C)c1NS(=O)(=O)c1c(C)nn(C(C)(C)C)c1C. The Morgan fingerprint density at radius 3 is 2.04 bits per heavy atom. The zero-order valence-corrected chi connectivity index (χ0v) is 18.2. The molecule has 7 nitrogen and oxygen atoms in total. The van der Waals surface area contributed by atoms with Gasteiger partial charge in [-0.05, 0) is 60.6 Å². The van der Waals surface area contributed by atoms with Gasteiger partial charge in [-0.15, -0.1) is 0 Å². The second kappa shape index (κ2) is 6.77. The smallest absolute Gasteiger partial charge is 0.265 e. The van der Waals surface area contributed by atoms with E-state index < -0.39 is 10.0 Å². The fraction of sp³-hybridized carbons (Fsp3) is 0.400. The topological polar surface area (TPSA) is 81.8 Å². The number of rotatable bonds is 4. The Hall–Kier alpha value is -2.61. The lowest BCUT2D eigenvalue weighted by Crippen LogP contribution is -2.25. The van der Waals surface area contributed by atoms with Gasteiger partial charge in [-0.2, -0.15) is 10.2 Å². The number of aromatic nitrogens is 4. The molecular formula is C20H27N5O2S. The minimum Gasteiger partial charge on any atom is -0.276 e. The van der Waals surface area contributed by atoms with Crippen molar-refractivity contribution < 1.29 is 8.42 Å². The molecule has 0 fully saturated rings. The summed E-state index contributed by atoms with van der Waals surface area (Å²) >= 11 is 0. The molecule has 0 spiro atoms. The Morgan fingerprint density at radius 1 is 0.893 bits per heavy atom. The van der Waals surface area contributed by atoms with E-state index in [1.165, 1.54) is 0 Å². The summed E-state index contributed by atoms with van der Waals surface area (Å²) in [6.45, 7) is 13.1. The molecule has 0 atom stereocenters. The zero-order valence-electron chi connectivity index (χ0n) is 17.4. The first kappa shape index (κ1) is 20.1. The zero-order chi connectivity index (χ0) is 20.9. The third-order valence-corrected chi connectivity index (χ3v) is 6.26. The summed E-state index contributed by atoms with van der Waals surface area (Å²) in [6.07, 6.45) is 0. The van der Waals surface area contributed by atoms with Crippen LogP contribution in [0.4, 0.5) is 5.69 Å². The van der Waals surface area contributed by atoms with Gasteiger partial charge in [0.25, 0.3) is 10.0 Å². The minimum absolute atomic E-state index is 0.216. The van der Waals surface area contributed by atoms with Gasteiger partial charge in [0, 0.05) is 0 Å². The molecule has 0 radical (unpaired) electrons. The number of nitrogens with zero attached hydrogens (tertiary/aromatic N) is 4. The quantitative estimate of drug-likeness (QED) is 0.720. The molecule has 0 aliphatic heterocycles. The second-order valence-electron chi connectivity index (χ2n) is 7.98. The summed E-state index contributed by atoms with van der Waals surface area (Å²) in [7, 11) is -3.81. The van der Waals surface area contributed by atoms with E-state index in [0.29, 0.717) is 22.8 Å². The molecule has 0 saturated carbocycles. The van der Waals surface area contributed by atoms with Gasteiger partial charge in [-0.3, -0.25) is 9.40 Å². The molecule has 0 bridgehead atoms. The Kier molecular flexibility index (Phi) is 4.87. The first-order valence-electron chi connectivity index (χ1n) is 9.14. The average molecular weight is 402 g/mol. The molecule has 0 unspecified atom stereocenters. The molecule has 3 rings (SSSR count). The Morgan fingerprint density at radius 2 is 1.50 bits per heavy atom. The lowest BCUT2D eigenvalue weighted by atomic mass is 10.1. The van der Waals surface area contributed by atoms with Gasteiger partial charge in [0.2, 0.25) is 0 Å². The molecule has 2 aromatic heterocycles.